The molecular weight excluding hydrogens is 282 g/mol. The maximum absolute atomic E-state index is 12.7. The van der Waals surface area contributed by atoms with Crippen molar-refractivity contribution in [1.82, 2.24) is 14.0 Å². The van der Waals surface area contributed by atoms with Crippen LogP contribution in [-0.4, -0.2) is 33.5 Å². The quantitative estimate of drug-likeness (QED) is 0.654. The van der Waals surface area contributed by atoms with Crippen LogP contribution in [0.2, 0.25) is 0 Å². The second-order valence-electron chi connectivity index (χ2n) is 4.87. The lowest BCUT2D eigenvalue weighted by atomic mass is 10.2. The Balaban J connectivity index is 2.17. The monoisotopic (exact) mass is 301 g/mol. The molecule has 0 atom stereocenters. The first-order valence-corrected chi connectivity index (χ1v) is 7.44. The Hall–Kier alpha value is -2.18. The molecule has 6 heteroatoms. The van der Waals surface area contributed by atoms with Crippen molar-refractivity contribution in [3.8, 4) is 0 Å². The molecule has 2 aromatic heterocycles. The maximum Gasteiger partial charge on any atom is 0.334 e. The minimum Gasteiger partial charge on any atom is -0.351 e. The van der Waals surface area contributed by atoms with Gasteiger partial charge in [0.1, 0.15) is 5.65 Å². The van der Waals surface area contributed by atoms with Gasteiger partial charge in [-0.05, 0) is 26.0 Å². The highest BCUT2D eigenvalue weighted by molar-refractivity contribution is 5.91. The number of nitrogens with zero attached hydrogens (tertiary/aromatic N) is 3. The second kappa shape index (κ2) is 6.29. The van der Waals surface area contributed by atoms with Crippen molar-refractivity contribution in [2.75, 3.05) is 13.2 Å². The number of para-hydroxylation sites is 1. The third-order valence-corrected chi connectivity index (χ3v) is 3.55. The molecule has 0 aliphatic heterocycles. The standard InChI is InChI=1S/C16H19N3O3/c1-3-21-14(22-4-2)11-19-13-8-6-5-7-12(13)15-17-9-10-18(15)16(19)20/h5-10,14H,3-4,11H2,1-2H3. The van der Waals surface area contributed by atoms with Crippen molar-refractivity contribution >= 4 is 16.6 Å². The van der Waals surface area contributed by atoms with Gasteiger partial charge in [-0.3, -0.25) is 8.97 Å². The molecule has 0 spiro atoms. The van der Waals surface area contributed by atoms with Crippen LogP contribution in [0.1, 0.15) is 13.8 Å². The zero-order chi connectivity index (χ0) is 15.5. The van der Waals surface area contributed by atoms with Crippen LogP contribution in [0.3, 0.4) is 0 Å². The van der Waals surface area contributed by atoms with E-state index in [-0.39, 0.29) is 5.69 Å². The van der Waals surface area contributed by atoms with Crippen LogP contribution in [-0.2, 0) is 16.0 Å². The van der Waals surface area contributed by atoms with Crippen molar-refractivity contribution < 1.29 is 9.47 Å². The van der Waals surface area contributed by atoms with Gasteiger partial charge >= 0.3 is 5.69 Å². The van der Waals surface area contributed by atoms with Crippen LogP contribution in [0.15, 0.2) is 41.5 Å². The summed E-state index contributed by atoms with van der Waals surface area (Å²) in [5, 5.41) is 0.929. The van der Waals surface area contributed by atoms with Crippen LogP contribution in [0.4, 0.5) is 0 Å². The van der Waals surface area contributed by atoms with Gasteiger partial charge in [-0.1, -0.05) is 12.1 Å². The number of fused-ring (bicyclic) bond motifs is 3. The van der Waals surface area contributed by atoms with Crippen molar-refractivity contribution in [3.05, 3.63) is 47.1 Å². The highest BCUT2D eigenvalue weighted by Crippen LogP contribution is 2.17. The number of imidazole rings is 1. The van der Waals surface area contributed by atoms with E-state index >= 15 is 0 Å². The van der Waals surface area contributed by atoms with Gasteiger partial charge in [0.15, 0.2) is 6.29 Å². The van der Waals surface area contributed by atoms with Gasteiger partial charge in [0.2, 0.25) is 0 Å². The van der Waals surface area contributed by atoms with E-state index in [1.54, 1.807) is 21.4 Å². The summed E-state index contributed by atoms with van der Waals surface area (Å²) in [5.74, 6) is 0. The van der Waals surface area contributed by atoms with Gasteiger partial charge < -0.3 is 9.47 Å². The van der Waals surface area contributed by atoms with E-state index in [0.29, 0.717) is 25.4 Å². The molecule has 3 rings (SSSR count). The number of hydrogen-bond acceptors (Lipinski definition) is 4. The lowest BCUT2D eigenvalue weighted by Crippen LogP contribution is -2.33. The summed E-state index contributed by atoms with van der Waals surface area (Å²) in [6.45, 7) is 5.22. The fraction of sp³-hybridized carbons (Fsp3) is 0.375. The van der Waals surface area contributed by atoms with Gasteiger partial charge in [-0.2, -0.15) is 0 Å². The smallest absolute Gasteiger partial charge is 0.334 e. The van der Waals surface area contributed by atoms with Gasteiger partial charge in [0.25, 0.3) is 0 Å². The van der Waals surface area contributed by atoms with Crippen molar-refractivity contribution in [3.63, 3.8) is 0 Å². The third-order valence-electron chi connectivity index (χ3n) is 3.55. The van der Waals surface area contributed by atoms with Gasteiger partial charge in [0, 0.05) is 31.0 Å². The number of hydrogen-bond donors (Lipinski definition) is 0. The molecule has 0 amide bonds. The SMILES string of the molecule is CCOC(Cn1c(=O)n2ccnc2c2ccccc21)OCC. The summed E-state index contributed by atoms with van der Waals surface area (Å²) >= 11 is 0. The molecule has 3 aromatic rings. The van der Waals surface area contributed by atoms with E-state index < -0.39 is 6.29 Å². The van der Waals surface area contributed by atoms with E-state index in [4.69, 9.17) is 9.47 Å². The summed E-state index contributed by atoms with van der Waals surface area (Å²) in [7, 11) is 0. The minimum absolute atomic E-state index is 0.143. The Bertz CT molecular complexity index is 831. The van der Waals surface area contributed by atoms with Crippen LogP contribution < -0.4 is 5.69 Å². The predicted octanol–water partition coefficient (Wildman–Crippen LogP) is 2.05. The summed E-state index contributed by atoms with van der Waals surface area (Å²) < 4.78 is 14.4. The first kappa shape index (κ1) is 14.7. The first-order valence-electron chi connectivity index (χ1n) is 7.44. The predicted molar refractivity (Wildman–Crippen MR) is 84.0 cm³/mol. The number of aromatic nitrogens is 3. The van der Waals surface area contributed by atoms with Crippen molar-refractivity contribution in [2.45, 2.75) is 26.7 Å². The third kappa shape index (κ3) is 2.51. The van der Waals surface area contributed by atoms with Crippen LogP contribution in [0, 0.1) is 0 Å². The zero-order valence-corrected chi connectivity index (χ0v) is 12.7. The maximum atomic E-state index is 12.7. The van der Waals surface area contributed by atoms with Crippen LogP contribution >= 0.6 is 0 Å². The molecule has 0 saturated carbocycles. The highest BCUT2D eigenvalue weighted by atomic mass is 16.7. The summed E-state index contributed by atoms with van der Waals surface area (Å²) in [4.78, 5) is 17.0. The lowest BCUT2D eigenvalue weighted by Gasteiger charge is -2.19. The molecule has 0 saturated heterocycles. The molecule has 22 heavy (non-hydrogen) atoms. The largest absolute Gasteiger partial charge is 0.351 e. The van der Waals surface area contributed by atoms with Gasteiger partial charge in [-0.25, -0.2) is 9.78 Å². The Morgan fingerprint density at radius 1 is 1.18 bits per heavy atom. The lowest BCUT2D eigenvalue weighted by molar-refractivity contribution is -0.143. The minimum atomic E-state index is -0.447. The molecule has 0 unspecified atom stereocenters. The van der Waals surface area contributed by atoms with Crippen molar-refractivity contribution in [1.29, 1.82) is 0 Å². The number of rotatable bonds is 6. The average Bonchev–Trinajstić information content (AvgIpc) is 3.02. The number of benzene rings is 1. The number of ether oxygens (including phenoxy) is 2. The fourth-order valence-electron chi connectivity index (χ4n) is 2.64. The highest BCUT2D eigenvalue weighted by Gasteiger charge is 2.15. The van der Waals surface area contributed by atoms with Crippen molar-refractivity contribution in [2.24, 2.45) is 0 Å². The van der Waals surface area contributed by atoms with E-state index in [1.165, 1.54) is 0 Å². The zero-order valence-electron chi connectivity index (χ0n) is 12.7. The van der Waals surface area contributed by atoms with Crippen LogP contribution in [0.5, 0.6) is 0 Å². The molecule has 1 aromatic carbocycles. The molecule has 0 aliphatic carbocycles. The average molecular weight is 301 g/mol. The Morgan fingerprint density at radius 3 is 2.64 bits per heavy atom. The molecule has 0 radical (unpaired) electrons. The van der Waals surface area contributed by atoms with E-state index in [1.807, 2.05) is 38.1 Å². The summed E-state index contributed by atoms with van der Waals surface area (Å²) in [5.41, 5.74) is 1.35. The van der Waals surface area contributed by atoms with Crippen LogP contribution in [0.25, 0.3) is 16.6 Å². The fourth-order valence-corrected chi connectivity index (χ4v) is 2.64. The molecule has 0 fully saturated rings. The molecular formula is C16H19N3O3. The first-order chi connectivity index (χ1) is 10.8. The van der Waals surface area contributed by atoms with Gasteiger partial charge in [-0.15, -0.1) is 0 Å². The normalized spacial score (nSPS) is 11.8. The molecule has 6 nitrogen and oxygen atoms in total. The molecule has 0 aliphatic rings. The van der Waals surface area contributed by atoms with E-state index in [2.05, 4.69) is 4.98 Å². The second-order valence-corrected chi connectivity index (χ2v) is 4.87. The molecule has 0 N–H and O–H groups in total. The molecule has 0 bridgehead atoms. The topological polar surface area (TPSA) is 57.8 Å². The summed E-state index contributed by atoms with van der Waals surface area (Å²) in [6.07, 6.45) is 2.87. The Kier molecular flexibility index (Phi) is 4.22. The molecule has 116 valence electrons. The Labute approximate surface area is 127 Å². The molecule has 2 heterocycles. The van der Waals surface area contributed by atoms with E-state index in [9.17, 15) is 4.79 Å². The Morgan fingerprint density at radius 2 is 1.91 bits per heavy atom. The summed E-state index contributed by atoms with van der Waals surface area (Å²) in [6, 6.07) is 7.73. The van der Waals surface area contributed by atoms with Gasteiger partial charge in [0.05, 0.1) is 12.1 Å². The van der Waals surface area contributed by atoms with E-state index in [0.717, 1.165) is 10.9 Å².